The van der Waals surface area contributed by atoms with Crippen molar-refractivity contribution in [1.82, 2.24) is 0 Å². The van der Waals surface area contributed by atoms with Gasteiger partial charge in [0, 0.05) is 23.6 Å². The Morgan fingerprint density at radius 3 is 2.33 bits per heavy atom. The maximum absolute atomic E-state index is 13.9. The van der Waals surface area contributed by atoms with Gasteiger partial charge in [-0.15, -0.1) is 0 Å². The molecule has 0 bridgehead atoms. The number of hydrogen-bond donors (Lipinski definition) is 2. The molecule has 3 aromatic carbocycles. The molecule has 2 aliphatic rings. The van der Waals surface area contributed by atoms with Crippen LogP contribution in [-0.2, 0) is 4.79 Å². The summed E-state index contributed by atoms with van der Waals surface area (Å²) in [4.78, 5) is 13.9. The number of benzene rings is 3. The Kier molecular flexibility index (Phi) is 6.59. The first kappa shape index (κ1) is 23.8. The van der Waals surface area contributed by atoms with Crippen molar-refractivity contribution in [3.8, 4) is 17.2 Å². The number of carbonyl (C=O) groups is 1. The van der Waals surface area contributed by atoms with Gasteiger partial charge in [-0.05, 0) is 49.7 Å². The van der Waals surface area contributed by atoms with Gasteiger partial charge in [0.05, 0.1) is 43.7 Å². The summed E-state index contributed by atoms with van der Waals surface area (Å²) in [5.74, 6) is 1.82. The Labute approximate surface area is 212 Å². The first-order valence-corrected chi connectivity index (χ1v) is 12.3. The number of allylic oxidation sites excluding steroid dienone is 1. The standard InChI is InChI=1S/C30H32N2O4/c1-18(2)36-26-12-8-5-9-21(26)30-29-24(31-22-10-6-7-11-23(22)32-30)15-20(16-25(29)33)19-13-14-27(34-3)28(17-19)35-4/h5-15,17-18,20,29-32H,16H2,1-4H3. The van der Waals surface area contributed by atoms with E-state index in [4.69, 9.17) is 14.2 Å². The second-order valence-electron chi connectivity index (χ2n) is 9.49. The quantitative estimate of drug-likeness (QED) is 0.426. The summed E-state index contributed by atoms with van der Waals surface area (Å²) in [6.45, 7) is 4.03. The number of anilines is 2. The van der Waals surface area contributed by atoms with E-state index in [9.17, 15) is 4.79 Å². The van der Waals surface area contributed by atoms with Gasteiger partial charge in [-0.25, -0.2) is 0 Å². The van der Waals surface area contributed by atoms with Crippen molar-refractivity contribution in [1.29, 1.82) is 0 Å². The molecule has 0 spiro atoms. The van der Waals surface area contributed by atoms with Crippen molar-refractivity contribution < 1.29 is 19.0 Å². The number of nitrogens with one attached hydrogen (secondary N) is 2. The van der Waals surface area contributed by atoms with Crippen LogP contribution in [0.4, 0.5) is 11.4 Å². The van der Waals surface area contributed by atoms with E-state index in [-0.39, 0.29) is 29.8 Å². The third-order valence-corrected chi connectivity index (χ3v) is 6.79. The van der Waals surface area contributed by atoms with Gasteiger partial charge in [0.2, 0.25) is 0 Å². The van der Waals surface area contributed by atoms with Gasteiger partial charge in [-0.3, -0.25) is 4.79 Å². The Bertz CT molecular complexity index is 1300. The second kappa shape index (κ2) is 9.97. The predicted molar refractivity (Wildman–Crippen MR) is 142 cm³/mol. The average Bonchev–Trinajstić information content (AvgIpc) is 3.05. The molecule has 1 aliphatic heterocycles. The zero-order valence-electron chi connectivity index (χ0n) is 21.1. The summed E-state index contributed by atoms with van der Waals surface area (Å²) >= 11 is 0. The average molecular weight is 485 g/mol. The minimum atomic E-state index is -0.384. The minimum Gasteiger partial charge on any atom is -0.493 e. The van der Waals surface area contributed by atoms with Crippen LogP contribution in [0.2, 0.25) is 0 Å². The van der Waals surface area contributed by atoms with Gasteiger partial charge >= 0.3 is 0 Å². The molecule has 5 rings (SSSR count). The molecule has 3 unspecified atom stereocenters. The molecule has 2 N–H and O–H groups in total. The van der Waals surface area contributed by atoms with Crippen LogP contribution in [0.3, 0.4) is 0 Å². The molecule has 3 aromatic rings. The smallest absolute Gasteiger partial charge is 0.161 e. The third-order valence-electron chi connectivity index (χ3n) is 6.79. The molecular formula is C30H32N2O4. The van der Waals surface area contributed by atoms with Gasteiger partial charge in [-0.2, -0.15) is 0 Å². The Hall–Kier alpha value is -3.93. The van der Waals surface area contributed by atoms with E-state index >= 15 is 0 Å². The molecular weight excluding hydrogens is 452 g/mol. The van der Waals surface area contributed by atoms with Crippen LogP contribution in [0.15, 0.2) is 78.5 Å². The summed E-state index contributed by atoms with van der Waals surface area (Å²) < 4.78 is 17.1. The molecule has 36 heavy (non-hydrogen) atoms. The van der Waals surface area contributed by atoms with Crippen LogP contribution in [0.1, 0.15) is 43.4 Å². The molecule has 0 saturated heterocycles. The van der Waals surface area contributed by atoms with Crippen LogP contribution in [0.25, 0.3) is 0 Å². The lowest BCUT2D eigenvalue weighted by molar-refractivity contribution is -0.122. The van der Waals surface area contributed by atoms with Crippen molar-refractivity contribution >= 4 is 17.2 Å². The number of ketones is 1. The molecule has 6 heteroatoms. The molecule has 1 aliphatic carbocycles. The van der Waals surface area contributed by atoms with Crippen LogP contribution >= 0.6 is 0 Å². The first-order valence-electron chi connectivity index (χ1n) is 12.3. The van der Waals surface area contributed by atoms with Crippen molar-refractivity contribution in [3.63, 3.8) is 0 Å². The molecule has 0 saturated carbocycles. The van der Waals surface area contributed by atoms with Gasteiger partial charge in [-0.1, -0.05) is 42.5 Å². The van der Waals surface area contributed by atoms with E-state index < -0.39 is 0 Å². The molecule has 6 nitrogen and oxygen atoms in total. The molecule has 3 atom stereocenters. The van der Waals surface area contributed by atoms with E-state index in [1.165, 1.54) is 0 Å². The van der Waals surface area contributed by atoms with Crippen molar-refractivity contribution in [3.05, 3.63) is 89.6 Å². The van der Waals surface area contributed by atoms with Crippen LogP contribution in [0.5, 0.6) is 17.2 Å². The highest BCUT2D eigenvalue weighted by Crippen LogP contribution is 2.46. The van der Waals surface area contributed by atoms with Gasteiger partial charge < -0.3 is 24.8 Å². The molecule has 0 amide bonds. The fourth-order valence-corrected chi connectivity index (χ4v) is 5.16. The molecule has 0 aromatic heterocycles. The topological polar surface area (TPSA) is 68.8 Å². The molecule has 0 fully saturated rings. The number of carbonyl (C=O) groups excluding carboxylic acids is 1. The van der Waals surface area contributed by atoms with E-state index in [0.29, 0.717) is 17.9 Å². The highest BCUT2D eigenvalue weighted by Gasteiger charge is 2.41. The Morgan fingerprint density at radius 2 is 1.58 bits per heavy atom. The number of hydrogen-bond acceptors (Lipinski definition) is 6. The fourth-order valence-electron chi connectivity index (χ4n) is 5.16. The Morgan fingerprint density at radius 1 is 0.861 bits per heavy atom. The number of Topliss-reactive ketones (excluding diaryl/α,β-unsaturated/α-hetero) is 1. The second-order valence-corrected chi connectivity index (χ2v) is 9.49. The number of para-hydroxylation sites is 3. The molecule has 1 heterocycles. The lowest BCUT2D eigenvalue weighted by Gasteiger charge is -2.33. The number of ether oxygens (including phenoxy) is 3. The number of methoxy groups -OCH3 is 2. The van der Waals surface area contributed by atoms with E-state index in [2.05, 4.69) is 22.8 Å². The zero-order valence-corrected chi connectivity index (χ0v) is 21.1. The lowest BCUT2D eigenvalue weighted by atomic mass is 9.76. The summed E-state index contributed by atoms with van der Waals surface area (Å²) in [7, 11) is 3.24. The fraction of sp³-hybridized carbons (Fsp3) is 0.300. The SMILES string of the molecule is COc1ccc(C2C=C3Nc4ccccc4NC(c4ccccc4OC(C)C)C3C(=O)C2)cc1OC. The zero-order chi connectivity index (χ0) is 25.2. The van der Waals surface area contributed by atoms with Crippen molar-refractivity contribution in [2.45, 2.75) is 38.3 Å². The van der Waals surface area contributed by atoms with Crippen molar-refractivity contribution in [2.24, 2.45) is 5.92 Å². The molecule has 0 radical (unpaired) electrons. The normalized spacial score (nSPS) is 20.8. The van der Waals surface area contributed by atoms with E-state index in [1.54, 1.807) is 14.2 Å². The summed E-state index contributed by atoms with van der Waals surface area (Å²) in [6.07, 6.45) is 2.61. The number of rotatable bonds is 6. The maximum Gasteiger partial charge on any atom is 0.161 e. The van der Waals surface area contributed by atoms with Crippen LogP contribution < -0.4 is 24.8 Å². The lowest BCUT2D eigenvalue weighted by Crippen LogP contribution is -2.34. The van der Waals surface area contributed by atoms with E-state index in [0.717, 1.165) is 33.9 Å². The first-order chi connectivity index (χ1) is 17.5. The van der Waals surface area contributed by atoms with E-state index in [1.807, 2.05) is 74.5 Å². The highest BCUT2D eigenvalue weighted by molar-refractivity contribution is 5.90. The molecule has 186 valence electrons. The van der Waals surface area contributed by atoms with Gasteiger partial charge in [0.15, 0.2) is 11.5 Å². The van der Waals surface area contributed by atoms with Gasteiger partial charge in [0.25, 0.3) is 0 Å². The monoisotopic (exact) mass is 484 g/mol. The van der Waals surface area contributed by atoms with Gasteiger partial charge in [0.1, 0.15) is 11.5 Å². The summed E-state index contributed by atoms with van der Waals surface area (Å²) in [5, 5.41) is 7.25. The Balaban J connectivity index is 1.61. The number of fused-ring (bicyclic) bond motifs is 2. The third kappa shape index (κ3) is 4.51. The largest absolute Gasteiger partial charge is 0.493 e. The minimum absolute atomic E-state index is 0.0221. The predicted octanol–water partition coefficient (Wildman–Crippen LogP) is 6.33. The van der Waals surface area contributed by atoms with Crippen LogP contribution in [0, 0.1) is 5.92 Å². The summed E-state index contributed by atoms with van der Waals surface area (Å²) in [5.41, 5.74) is 4.78. The maximum atomic E-state index is 13.9. The highest BCUT2D eigenvalue weighted by atomic mass is 16.5. The summed E-state index contributed by atoms with van der Waals surface area (Å²) in [6, 6.07) is 21.6. The van der Waals surface area contributed by atoms with Crippen LogP contribution in [-0.4, -0.2) is 26.1 Å². The van der Waals surface area contributed by atoms with Crippen molar-refractivity contribution in [2.75, 3.05) is 24.9 Å².